The third-order valence-electron chi connectivity index (χ3n) is 5.68. The molecule has 0 atom stereocenters. The SMILES string of the molecule is CN(C)c1ccc(C(=O)N2CCOCC2)c(NC(=O)NCCCCc2ccc(C(=O)O)cc2)c1. The quantitative estimate of drug-likeness (QED) is 0.488. The lowest BCUT2D eigenvalue weighted by Crippen LogP contribution is -2.41. The minimum absolute atomic E-state index is 0.127. The van der Waals surface area contributed by atoms with E-state index in [1.807, 2.05) is 37.2 Å². The van der Waals surface area contributed by atoms with Crippen molar-refractivity contribution in [2.45, 2.75) is 19.3 Å². The number of unbranched alkanes of at least 4 members (excludes halogenated alkanes) is 1. The van der Waals surface area contributed by atoms with Gasteiger partial charge < -0.3 is 30.3 Å². The van der Waals surface area contributed by atoms with Gasteiger partial charge in [-0.25, -0.2) is 9.59 Å². The van der Waals surface area contributed by atoms with Gasteiger partial charge in [-0.15, -0.1) is 0 Å². The highest BCUT2D eigenvalue weighted by atomic mass is 16.5. The van der Waals surface area contributed by atoms with Crippen molar-refractivity contribution in [3.63, 3.8) is 0 Å². The molecular weight excluding hydrogens is 436 g/mol. The van der Waals surface area contributed by atoms with E-state index in [4.69, 9.17) is 9.84 Å². The second kappa shape index (κ2) is 12.0. The molecule has 1 aliphatic rings. The Labute approximate surface area is 199 Å². The number of aromatic carboxylic acids is 1. The summed E-state index contributed by atoms with van der Waals surface area (Å²) in [6.07, 6.45) is 2.42. The van der Waals surface area contributed by atoms with Crippen LogP contribution in [0.4, 0.5) is 16.2 Å². The average molecular weight is 469 g/mol. The third kappa shape index (κ3) is 6.95. The van der Waals surface area contributed by atoms with Gasteiger partial charge in [0.1, 0.15) is 0 Å². The molecule has 1 fully saturated rings. The summed E-state index contributed by atoms with van der Waals surface area (Å²) in [4.78, 5) is 40.1. The lowest BCUT2D eigenvalue weighted by Gasteiger charge is -2.28. The van der Waals surface area contributed by atoms with E-state index >= 15 is 0 Å². The van der Waals surface area contributed by atoms with E-state index in [0.717, 1.165) is 30.5 Å². The molecule has 2 aromatic carbocycles. The van der Waals surface area contributed by atoms with E-state index in [1.165, 1.54) is 0 Å². The van der Waals surface area contributed by atoms with E-state index in [0.29, 0.717) is 44.1 Å². The van der Waals surface area contributed by atoms with Crippen molar-refractivity contribution < 1.29 is 24.2 Å². The zero-order valence-electron chi connectivity index (χ0n) is 19.7. The molecule has 1 heterocycles. The molecule has 34 heavy (non-hydrogen) atoms. The summed E-state index contributed by atoms with van der Waals surface area (Å²) >= 11 is 0. The Hall–Kier alpha value is -3.59. The number of carboxylic acid groups (broad SMARTS) is 1. The molecule has 0 radical (unpaired) electrons. The molecule has 0 unspecified atom stereocenters. The number of benzene rings is 2. The van der Waals surface area contributed by atoms with Gasteiger partial charge in [-0.3, -0.25) is 4.79 Å². The van der Waals surface area contributed by atoms with Gasteiger partial charge in [0.05, 0.1) is 30.0 Å². The Balaban J connectivity index is 1.52. The number of amides is 3. The minimum atomic E-state index is -0.937. The molecule has 0 spiro atoms. The summed E-state index contributed by atoms with van der Waals surface area (Å²) in [5, 5.41) is 14.7. The van der Waals surface area contributed by atoms with Crippen LogP contribution in [0, 0.1) is 0 Å². The van der Waals surface area contributed by atoms with Crippen LogP contribution in [0.2, 0.25) is 0 Å². The number of anilines is 2. The Morgan fingerprint density at radius 1 is 1.03 bits per heavy atom. The second-order valence-corrected chi connectivity index (χ2v) is 8.37. The summed E-state index contributed by atoms with van der Waals surface area (Å²) in [7, 11) is 3.80. The maximum absolute atomic E-state index is 13.0. The summed E-state index contributed by atoms with van der Waals surface area (Å²) in [5.41, 5.74) is 3.13. The van der Waals surface area contributed by atoms with Crippen LogP contribution in [0.25, 0.3) is 0 Å². The predicted molar refractivity (Wildman–Crippen MR) is 131 cm³/mol. The fourth-order valence-electron chi connectivity index (χ4n) is 3.67. The van der Waals surface area contributed by atoms with E-state index < -0.39 is 5.97 Å². The number of nitrogens with zero attached hydrogens (tertiary/aromatic N) is 2. The minimum Gasteiger partial charge on any atom is -0.478 e. The first-order valence-electron chi connectivity index (χ1n) is 11.4. The molecule has 2 aromatic rings. The molecule has 0 bridgehead atoms. The standard InChI is InChI=1S/C25H32N4O5/c1-28(2)20-10-11-21(23(30)29-13-15-34-16-14-29)22(17-20)27-25(33)26-12-4-3-5-18-6-8-19(9-7-18)24(31)32/h6-11,17H,3-5,12-16H2,1-2H3,(H,31,32)(H2,26,27,33). The van der Waals surface area contributed by atoms with E-state index in [2.05, 4.69) is 10.6 Å². The van der Waals surface area contributed by atoms with Crippen LogP contribution in [0.1, 0.15) is 39.1 Å². The van der Waals surface area contributed by atoms with E-state index in [9.17, 15) is 14.4 Å². The van der Waals surface area contributed by atoms with Crippen LogP contribution in [-0.4, -0.2) is 74.9 Å². The summed E-state index contributed by atoms with van der Waals surface area (Å²) in [6.45, 7) is 2.56. The number of carboxylic acids is 1. The first-order chi connectivity index (χ1) is 16.3. The number of morpholine rings is 1. The normalized spacial score (nSPS) is 13.3. The highest BCUT2D eigenvalue weighted by molar-refractivity contribution is 6.04. The first kappa shape index (κ1) is 25.0. The van der Waals surface area contributed by atoms with Gasteiger partial charge in [0, 0.05) is 39.4 Å². The molecule has 3 rings (SSSR count). The summed E-state index contributed by atoms with van der Waals surface area (Å²) < 4.78 is 5.33. The highest BCUT2D eigenvalue weighted by Crippen LogP contribution is 2.24. The fourth-order valence-corrected chi connectivity index (χ4v) is 3.67. The van der Waals surface area contributed by atoms with Gasteiger partial charge in [0.25, 0.3) is 5.91 Å². The van der Waals surface area contributed by atoms with Gasteiger partial charge in [-0.1, -0.05) is 12.1 Å². The predicted octanol–water partition coefficient (Wildman–Crippen LogP) is 3.07. The maximum atomic E-state index is 13.0. The molecule has 0 saturated carbocycles. The Morgan fingerprint density at radius 2 is 1.74 bits per heavy atom. The summed E-state index contributed by atoms with van der Waals surface area (Å²) in [5.74, 6) is -1.06. The van der Waals surface area contributed by atoms with Crippen molar-refractivity contribution in [1.29, 1.82) is 0 Å². The van der Waals surface area contributed by atoms with Crippen LogP contribution in [0.5, 0.6) is 0 Å². The van der Waals surface area contributed by atoms with Crippen molar-refractivity contribution in [3.8, 4) is 0 Å². The molecule has 1 saturated heterocycles. The van der Waals surface area contributed by atoms with Crippen LogP contribution in [0.3, 0.4) is 0 Å². The molecular formula is C25H32N4O5. The lowest BCUT2D eigenvalue weighted by atomic mass is 10.1. The largest absolute Gasteiger partial charge is 0.478 e. The van der Waals surface area contributed by atoms with Gasteiger partial charge in [-0.05, 0) is 55.2 Å². The number of aryl methyl sites for hydroxylation is 1. The van der Waals surface area contributed by atoms with Gasteiger partial charge >= 0.3 is 12.0 Å². The van der Waals surface area contributed by atoms with E-state index in [-0.39, 0.29) is 17.5 Å². The smallest absolute Gasteiger partial charge is 0.335 e. The highest BCUT2D eigenvalue weighted by Gasteiger charge is 2.22. The van der Waals surface area contributed by atoms with Crippen LogP contribution >= 0.6 is 0 Å². The van der Waals surface area contributed by atoms with Crippen molar-refractivity contribution >= 4 is 29.3 Å². The number of rotatable bonds is 9. The third-order valence-corrected chi connectivity index (χ3v) is 5.68. The lowest BCUT2D eigenvalue weighted by molar-refractivity contribution is 0.0303. The number of ether oxygens (including phenoxy) is 1. The number of carbonyl (C=O) groups is 3. The zero-order chi connectivity index (χ0) is 24.5. The Kier molecular flexibility index (Phi) is 8.86. The topological polar surface area (TPSA) is 111 Å². The van der Waals surface area contributed by atoms with Gasteiger partial charge in [0.2, 0.25) is 0 Å². The monoisotopic (exact) mass is 468 g/mol. The number of hydrogen-bond acceptors (Lipinski definition) is 5. The van der Waals surface area contributed by atoms with Crippen molar-refractivity contribution in [2.75, 3.05) is 57.2 Å². The van der Waals surface area contributed by atoms with Gasteiger partial charge in [0.15, 0.2) is 0 Å². The number of carbonyl (C=O) groups excluding carboxylic acids is 2. The van der Waals surface area contributed by atoms with Crippen molar-refractivity contribution in [1.82, 2.24) is 10.2 Å². The van der Waals surface area contributed by atoms with Crippen LogP contribution in [0.15, 0.2) is 42.5 Å². The van der Waals surface area contributed by atoms with Crippen molar-refractivity contribution in [2.24, 2.45) is 0 Å². The molecule has 182 valence electrons. The molecule has 3 N–H and O–H groups in total. The Bertz CT molecular complexity index is 1000. The molecule has 9 nitrogen and oxygen atoms in total. The van der Waals surface area contributed by atoms with Gasteiger partial charge in [-0.2, -0.15) is 0 Å². The summed E-state index contributed by atoms with van der Waals surface area (Å²) in [6, 6.07) is 11.9. The zero-order valence-corrected chi connectivity index (χ0v) is 19.7. The number of hydrogen-bond donors (Lipinski definition) is 3. The van der Waals surface area contributed by atoms with Crippen molar-refractivity contribution in [3.05, 3.63) is 59.2 Å². The molecule has 1 aliphatic heterocycles. The van der Waals surface area contributed by atoms with E-state index in [1.54, 1.807) is 29.2 Å². The van der Waals surface area contributed by atoms with Crippen LogP contribution in [-0.2, 0) is 11.2 Å². The average Bonchev–Trinajstić information content (AvgIpc) is 2.84. The fraction of sp³-hybridized carbons (Fsp3) is 0.400. The number of urea groups is 1. The van der Waals surface area contributed by atoms with Crippen LogP contribution < -0.4 is 15.5 Å². The molecule has 0 aliphatic carbocycles. The Morgan fingerprint density at radius 3 is 2.38 bits per heavy atom. The first-order valence-corrected chi connectivity index (χ1v) is 11.4. The maximum Gasteiger partial charge on any atom is 0.335 e. The molecule has 9 heteroatoms. The number of nitrogens with one attached hydrogen (secondary N) is 2. The molecule has 0 aromatic heterocycles. The molecule has 3 amide bonds. The second-order valence-electron chi connectivity index (χ2n) is 8.37.